The normalized spacial score (nSPS) is 11.2. The van der Waals surface area contributed by atoms with Gasteiger partial charge in [-0.25, -0.2) is 4.79 Å². The second-order valence-corrected chi connectivity index (χ2v) is 5.38. The molecule has 1 aromatic heterocycles. The first-order valence-corrected chi connectivity index (χ1v) is 7.62. The summed E-state index contributed by atoms with van der Waals surface area (Å²) in [4.78, 5) is 25.1. The van der Waals surface area contributed by atoms with E-state index in [9.17, 15) is 9.59 Å². The number of unbranched alkanes of at least 4 members (excludes halogenated alkanes) is 2. The zero-order chi connectivity index (χ0) is 15.1. The van der Waals surface area contributed by atoms with Crippen molar-refractivity contribution in [3.8, 4) is 0 Å². The largest absolute Gasteiger partial charge is 0.335 e. The smallest absolute Gasteiger partial charge is 0.330 e. The highest BCUT2D eigenvalue weighted by atomic mass is 16.2. The van der Waals surface area contributed by atoms with Crippen molar-refractivity contribution in [2.45, 2.75) is 46.6 Å². The van der Waals surface area contributed by atoms with Gasteiger partial charge in [0, 0.05) is 25.4 Å². The summed E-state index contributed by atoms with van der Waals surface area (Å²) in [6.45, 7) is 10.5. The highest BCUT2D eigenvalue weighted by molar-refractivity contribution is 4.99. The van der Waals surface area contributed by atoms with Crippen molar-refractivity contribution in [2.24, 2.45) is 7.05 Å². The second kappa shape index (κ2) is 8.04. The van der Waals surface area contributed by atoms with Gasteiger partial charge in [0.05, 0.1) is 19.6 Å². The first kappa shape index (κ1) is 16.7. The fourth-order valence-corrected chi connectivity index (χ4v) is 2.48. The first-order chi connectivity index (χ1) is 9.51. The summed E-state index contributed by atoms with van der Waals surface area (Å²) < 4.78 is 2.87. The van der Waals surface area contributed by atoms with Gasteiger partial charge in [-0.1, -0.05) is 0 Å². The molecular formula is C15H28N3O2+. The molecule has 114 valence electrons. The molecule has 0 bridgehead atoms. The predicted molar refractivity (Wildman–Crippen MR) is 81.4 cm³/mol. The van der Waals surface area contributed by atoms with Gasteiger partial charge in [0.15, 0.2) is 0 Å². The first-order valence-electron chi connectivity index (χ1n) is 7.62. The number of hydrogen-bond acceptors (Lipinski definition) is 2. The molecule has 0 amide bonds. The van der Waals surface area contributed by atoms with Gasteiger partial charge >= 0.3 is 5.69 Å². The molecular weight excluding hydrogens is 254 g/mol. The minimum Gasteiger partial charge on any atom is -0.335 e. The molecule has 0 spiro atoms. The van der Waals surface area contributed by atoms with Crippen molar-refractivity contribution < 1.29 is 4.90 Å². The highest BCUT2D eigenvalue weighted by Gasteiger charge is 2.06. The Kier molecular flexibility index (Phi) is 6.71. The van der Waals surface area contributed by atoms with Gasteiger partial charge < -0.3 is 4.90 Å². The topological polar surface area (TPSA) is 48.4 Å². The van der Waals surface area contributed by atoms with E-state index in [4.69, 9.17) is 0 Å². The summed E-state index contributed by atoms with van der Waals surface area (Å²) in [5, 5.41) is 0. The maximum absolute atomic E-state index is 12.0. The molecule has 0 radical (unpaired) electrons. The Bertz CT molecular complexity index is 527. The Morgan fingerprint density at radius 3 is 2.35 bits per heavy atom. The molecule has 1 rings (SSSR count). The van der Waals surface area contributed by atoms with Crippen molar-refractivity contribution in [3.63, 3.8) is 0 Å². The zero-order valence-electron chi connectivity index (χ0n) is 13.2. The third kappa shape index (κ3) is 4.34. The summed E-state index contributed by atoms with van der Waals surface area (Å²) in [7, 11) is 1.53. The summed E-state index contributed by atoms with van der Waals surface area (Å²) in [6.07, 6.45) is 3.30. The number of rotatable bonds is 8. The van der Waals surface area contributed by atoms with Gasteiger partial charge in [-0.2, -0.15) is 0 Å². The van der Waals surface area contributed by atoms with Crippen molar-refractivity contribution in [2.75, 3.05) is 19.6 Å². The van der Waals surface area contributed by atoms with Gasteiger partial charge in [0.25, 0.3) is 5.56 Å². The van der Waals surface area contributed by atoms with Gasteiger partial charge in [0.1, 0.15) is 0 Å². The molecule has 0 aliphatic heterocycles. The average Bonchev–Trinajstić information content (AvgIpc) is 2.43. The molecule has 1 N–H and O–H groups in total. The molecule has 5 heteroatoms. The van der Waals surface area contributed by atoms with E-state index < -0.39 is 0 Å². The van der Waals surface area contributed by atoms with Crippen LogP contribution in [0.25, 0.3) is 0 Å². The van der Waals surface area contributed by atoms with Crippen LogP contribution in [0.5, 0.6) is 0 Å². The quantitative estimate of drug-likeness (QED) is 0.680. The lowest BCUT2D eigenvalue weighted by Gasteiger charge is -2.15. The highest BCUT2D eigenvalue weighted by Crippen LogP contribution is 1.98. The molecule has 0 saturated heterocycles. The van der Waals surface area contributed by atoms with Gasteiger partial charge in [-0.15, -0.1) is 0 Å². The van der Waals surface area contributed by atoms with Crippen LogP contribution >= 0.6 is 0 Å². The fourth-order valence-electron chi connectivity index (χ4n) is 2.48. The third-order valence-corrected chi connectivity index (χ3v) is 4.02. The maximum atomic E-state index is 12.0. The van der Waals surface area contributed by atoms with Gasteiger partial charge in [-0.05, 0) is 40.0 Å². The Morgan fingerprint density at radius 2 is 1.75 bits per heavy atom. The second-order valence-electron chi connectivity index (χ2n) is 5.38. The van der Waals surface area contributed by atoms with Crippen LogP contribution < -0.4 is 16.1 Å². The van der Waals surface area contributed by atoms with Crippen molar-refractivity contribution >= 4 is 0 Å². The van der Waals surface area contributed by atoms with Crippen LogP contribution in [0, 0.1) is 6.92 Å². The van der Waals surface area contributed by atoms with E-state index in [0.29, 0.717) is 6.54 Å². The number of aryl methyl sites for hydroxylation is 1. The lowest BCUT2D eigenvalue weighted by molar-refractivity contribution is -0.896. The van der Waals surface area contributed by atoms with Crippen LogP contribution in [0.2, 0.25) is 0 Å². The maximum Gasteiger partial charge on any atom is 0.330 e. The molecule has 1 heterocycles. The lowest BCUT2D eigenvalue weighted by atomic mass is 10.2. The Balaban J connectivity index is 2.49. The molecule has 0 fully saturated rings. The minimum atomic E-state index is -0.228. The van der Waals surface area contributed by atoms with E-state index in [-0.39, 0.29) is 11.2 Å². The van der Waals surface area contributed by atoms with Crippen molar-refractivity contribution in [3.05, 3.63) is 32.6 Å². The van der Waals surface area contributed by atoms with Gasteiger partial charge in [0.2, 0.25) is 0 Å². The minimum absolute atomic E-state index is 0.204. The molecule has 0 atom stereocenters. The summed E-state index contributed by atoms with van der Waals surface area (Å²) in [5.74, 6) is 0. The Hall–Kier alpha value is -1.36. The van der Waals surface area contributed by atoms with Crippen LogP contribution in [0.15, 0.2) is 15.7 Å². The van der Waals surface area contributed by atoms with Crippen LogP contribution in [0.3, 0.4) is 0 Å². The van der Waals surface area contributed by atoms with E-state index in [1.165, 1.54) is 43.7 Å². The van der Waals surface area contributed by atoms with Crippen LogP contribution in [0.4, 0.5) is 0 Å². The lowest BCUT2D eigenvalue weighted by Crippen LogP contribution is -3.11. The zero-order valence-corrected chi connectivity index (χ0v) is 13.2. The van der Waals surface area contributed by atoms with E-state index in [2.05, 4.69) is 13.8 Å². The fraction of sp³-hybridized carbons (Fsp3) is 0.733. The van der Waals surface area contributed by atoms with Crippen LogP contribution in [0.1, 0.15) is 38.8 Å². The molecule has 0 saturated carbocycles. The number of hydrogen-bond donors (Lipinski definition) is 1. The monoisotopic (exact) mass is 282 g/mol. The number of nitrogens with zero attached hydrogens (tertiary/aromatic N) is 2. The van der Waals surface area contributed by atoms with E-state index in [1.54, 1.807) is 9.47 Å². The van der Waals surface area contributed by atoms with E-state index in [0.717, 1.165) is 18.5 Å². The number of nitrogens with one attached hydrogen (secondary N) is 1. The molecule has 0 aliphatic carbocycles. The van der Waals surface area contributed by atoms with Crippen LogP contribution in [-0.4, -0.2) is 28.8 Å². The molecule has 0 aromatic carbocycles. The molecule has 1 aromatic rings. The summed E-state index contributed by atoms with van der Waals surface area (Å²) in [5.41, 5.74) is 0.325. The van der Waals surface area contributed by atoms with Gasteiger partial charge in [-0.3, -0.25) is 13.9 Å². The Morgan fingerprint density at radius 1 is 1.10 bits per heavy atom. The van der Waals surface area contributed by atoms with Crippen LogP contribution in [-0.2, 0) is 13.6 Å². The van der Waals surface area contributed by atoms with E-state index in [1.807, 2.05) is 6.92 Å². The standard InChI is InChI=1S/C15H27N3O2/c1-5-17(6-2)10-8-7-9-11-18-13(3)12-14(19)16(4)15(18)20/h12H,5-11H2,1-4H3/p+1. The Labute approximate surface area is 120 Å². The molecule has 0 unspecified atom stereocenters. The third-order valence-electron chi connectivity index (χ3n) is 4.02. The summed E-state index contributed by atoms with van der Waals surface area (Å²) in [6, 6.07) is 1.53. The van der Waals surface area contributed by atoms with E-state index >= 15 is 0 Å². The molecule has 5 nitrogen and oxygen atoms in total. The van der Waals surface area contributed by atoms with Crippen molar-refractivity contribution in [1.29, 1.82) is 0 Å². The average molecular weight is 282 g/mol. The molecule has 20 heavy (non-hydrogen) atoms. The molecule has 0 aliphatic rings. The van der Waals surface area contributed by atoms with Crippen molar-refractivity contribution in [1.82, 2.24) is 9.13 Å². The summed E-state index contributed by atoms with van der Waals surface area (Å²) >= 11 is 0. The number of quaternary nitrogens is 1. The predicted octanol–water partition coefficient (Wildman–Crippen LogP) is -0.0496. The number of aromatic nitrogens is 2. The SMILES string of the molecule is CC[NH+](CC)CCCCCn1c(C)cc(=O)n(C)c1=O.